The Labute approximate surface area is 181 Å². The molecule has 31 heavy (non-hydrogen) atoms. The number of aliphatic hydroxyl groups is 1. The van der Waals surface area contributed by atoms with Crippen LogP contribution in [-0.4, -0.2) is 63.5 Å². The van der Waals surface area contributed by atoms with Gasteiger partial charge in [0.15, 0.2) is 0 Å². The van der Waals surface area contributed by atoms with Gasteiger partial charge in [-0.1, -0.05) is 24.3 Å². The molecular weight excluding hydrogens is 390 g/mol. The van der Waals surface area contributed by atoms with Crippen molar-refractivity contribution in [2.24, 2.45) is 0 Å². The Bertz CT molecular complexity index is 1180. The average Bonchev–Trinajstić information content (AvgIpc) is 3.56. The van der Waals surface area contributed by atoms with E-state index in [4.69, 9.17) is 0 Å². The van der Waals surface area contributed by atoms with Crippen LogP contribution >= 0.6 is 0 Å². The van der Waals surface area contributed by atoms with Crippen molar-refractivity contribution in [3.05, 3.63) is 65.9 Å². The fourth-order valence-corrected chi connectivity index (χ4v) is 4.26. The van der Waals surface area contributed by atoms with Gasteiger partial charge in [-0.2, -0.15) is 0 Å². The molecule has 2 aliphatic rings. The van der Waals surface area contributed by atoms with Gasteiger partial charge in [0.2, 0.25) is 0 Å². The molecule has 1 saturated heterocycles. The van der Waals surface area contributed by atoms with Gasteiger partial charge in [-0.15, -0.1) is 0 Å². The summed E-state index contributed by atoms with van der Waals surface area (Å²) in [6, 6.07) is 15.9. The number of benzene rings is 2. The Morgan fingerprint density at radius 1 is 0.968 bits per heavy atom. The van der Waals surface area contributed by atoms with Gasteiger partial charge in [-0.05, 0) is 55.2 Å². The highest BCUT2D eigenvalue weighted by molar-refractivity contribution is 5.96. The largest absolute Gasteiger partial charge is 0.380 e. The molecule has 6 nitrogen and oxygen atoms in total. The summed E-state index contributed by atoms with van der Waals surface area (Å²) in [6.45, 7) is 3.90. The quantitative estimate of drug-likeness (QED) is 0.714. The van der Waals surface area contributed by atoms with Gasteiger partial charge < -0.3 is 14.9 Å². The molecule has 0 atom stereocenters. The highest BCUT2D eigenvalue weighted by Gasteiger charge is 2.50. The minimum Gasteiger partial charge on any atom is -0.380 e. The number of para-hydroxylation sites is 1. The molecule has 1 aromatic heterocycles. The summed E-state index contributed by atoms with van der Waals surface area (Å²) in [7, 11) is 0. The van der Waals surface area contributed by atoms with E-state index in [1.807, 2.05) is 55.6 Å². The van der Waals surface area contributed by atoms with Crippen molar-refractivity contribution in [1.29, 1.82) is 0 Å². The van der Waals surface area contributed by atoms with Crippen molar-refractivity contribution >= 4 is 22.7 Å². The molecule has 1 aliphatic carbocycles. The molecule has 2 aromatic carbocycles. The van der Waals surface area contributed by atoms with Crippen LogP contribution in [0.25, 0.3) is 22.0 Å². The standard InChI is InChI=1S/C25H25N3O3/c1-17-14-19(6-7-21(17)20-15-18-4-2-3-5-22(18)26-16-20)23(29)27-10-12-28(13-11-27)24(30)25(31)8-9-25/h2-7,14-16,31H,8-13H2,1H3. The van der Waals surface area contributed by atoms with Gasteiger partial charge in [0.05, 0.1) is 5.52 Å². The molecule has 0 unspecified atom stereocenters. The fourth-order valence-electron chi connectivity index (χ4n) is 4.26. The molecule has 1 N–H and O–H groups in total. The van der Waals surface area contributed by atoms with Crippen LogP contribution in [0.4, 0.5) is 0 Å². The summed E-state index contributed by atoms with van der Waals surface area (Å²) in [5.74, 6) is -0.215. The van der Waals surface area contributed by atoms with Crippen molar-refractivity contribution in [3.63, 3.8) is 0 Å². The number of amides is 2. The maximum Gasteiger partial charge on any atom is 0.254 e. The molecule has 158 valence electrons. The van der Waals surface area contributed by atoms with Crippen molar-refractivity contribution < 1.29 is 14.7 Å². The highest BCUT2D eigenvalue weighted by Crippen LogP contribution is 2.37. The first-order valence-corrected chi connectivity index (χ1v) is 10.7. The minimum atomic E-state index is -1.14. The summed E-state index contributed by atoms with van der Waals surface area (Å²) < 4.78 is 0. The van der Waals surface area contributed by atoms with E-state index in [2.05, 4.69) is 11.1 Å². The van der Waals surface area contributed by atoms with Crippen molar-refractivity contribution in [3.8, 4) is 11.1 Å². The lowest BCUT2D eigenvalue weighted by Gasteiger charge is -2.35. The zero-order chi connectivity index (χ0) is 21.6. The van der Waals surface area contributed by atoms with Crippen LogP contribution < -0.4 is 0 Å². The Hall–Kier alpha value is -3.25. The number of fused-ring (bicyclic) bond motifs is 1. The predicted molar refractivity (Wildman–Crippen MR) is 119 cm³/mol. The van der Waals surface area contributed by atoms with Crippen LogP contribution in [-0.2, 0) is 4.79 Å². The first-order valence-electron chi connectivity index (χ1n) is 10.7. The zero-order valence-electron chi connectivity index (χ0n) is 17.5. The Morgan fingerprint density at radius 2 is 1.68 bits per heavy atom. The summed E-state index contributed by atoms with van der Waals surface area (Å²) in [4.78, 5) is 33.3. The van der Waals surface area contributed by atoms with Gasteiger partial charge in [0.25, 0.3) is 11.8 Å². The number of aromatic nitrogens is 1. The molecular formula is C25H25N3O3. The second kappa shape index (κ2) is 7.46. The number of nitrogens with zero attached hydrogens (tertiary/aromatic N) is 3. The van der Waals surface area contributed by atoms with Crippen LogP contribution in [0.15, 0.2) is 54.7 Å². The van der Waals surface area contributed by atoms with E-state index < -0.39 is 5.60 Å². The number of hydrogen-bond acceptors (Lipinski definition) is 4. The monoisotopic (exact) mass is 415 g/mol. The molecule has 2 amide bonds. The van der Waals surface area contributed by atoms with E-state index in [-0.39, 0.29) is 11.8 Å². The first kappa shape index (κ1) is 19.7. The summed E-state index contributed by atoms with van der Waals surface area (Å²) in [6.07, 6.45) is 2.96. The lowest BCUT2D eigenvalue weighted by atomic mass is 9.98. The van der Waals surface area contributed by atoms with E-state index in [1.54, 1.807) is 9.80 Å². The van der Waals surface area contributed by atoms with Crippen molar-refractivity contribution in [2.75, 3.05) is 26.2 Å². The Balaban J connectivity index is 1.30. The van der Waals surface area contributed by atoms with E-state index in [1.165, 1.54) is 0 Å². The maximum atomic E-state index is 13.0. The number of hydrogen-bond donors (Lipinski definition) is 1. The lowest BCUT2D eigenvalue weighted by molar-refractivity contribution is -0.143. The van der Waals surface area contributed by atoms with Gasteiger partial charge in [0.1, 0.15) is 5.60 Å². The number of carbonyl (C=O) groups excluding carboxylic acids is 2. The third-order valence-corrected chi connectivity index (χ3v) is 6.35. The number of piperazine rings is 1. The fraction of sp³-hybridized carbons (Fsp3) is 0.320. The van der Waals surface area contributed by atoms with E-state index in [0.717, 1.165) is 27.6 Å². The van der Waals surface area contributed by atoms with Crippen LogP contribution in [0.1, 0.15) is 28.8 Å². The Morgan fingerprint density at radius 3 is 2.39 bits per heavy atom. The SMILES string of the molecule is Cc1cc(C(=O)N2CCN(C(=O)C3(O)CC3)CC2)ccc1-c1cnc2ccccc2c1. The normalized spacial score (nSPS) is 17.6. The smallest absolute Gasteiger partial charge is 0.254 e. The Kier molecular flexibility index (Phi) is 4.74. The van der Waals surface area contributed by atoms with Crippen LogP contribution in [0.2, 0.25) is 0 Å². The average molecular weight is 415 g/mol. The van der Waals surface area contributed by atoms with E-state index in [9.17, 15) is 14.7 Å². The summed E-state index contributed by atoms with van der Waals surface area (Å²) in [5.41, 5.74) is 3.57. The second-order valence-corrected chi connectivity index (χ2v) is 8.56. The number of pyridine rings is 1. The van der Waals surface area contributed by atoms with Crippen LogP contribution in [0, 0.1) is 6.92 Å². The summed E-state index contributed by atoms with van der Waals surface area (Å²) >= 11 is 0. The van der Waals surface area contributed by atoms with Crippen molar-refractivity contribution in [2.45, 2.75) is 25.4 Å². The van der Waals surface area contributed by atoms with Gasteiger partial charge in [-0.25, -0.2) is 0 Å². The van der Waals surface area contributed by atoms with E-state index in [0.29, 0.717) is 44.6 Å². The third kappa shape index (κ3) is 3.68. The zero-order valence-corrected chi connectivity index (χ0v) is 17.5. The molecule has 5 rings (SSSR count). The van der Waals surface area contributed by atoms with Gasteiger partial charge in [-0.3, -0.25) is 14.6 Å². The molecule has 0 radical (unpaired) electrons. The number of aryl methyl sites for hydroxylation is 1. The predicted octanol–water partition coefficient (Wildman–Crippen LogP) is 3.02. The van der Waals surface area contributed by atoms with Gasteiger partial charge >= 0.3 is 0 Å². The lowest BCUT2D eigenvalue weighted by Crippen LogP contribution is -2.53. The summed E-state index contributed by atoms with van der Waals surface area (Å²) in [5, 5.41) is 11.1. The maximum absolute atomic E-state index is 13.0. The number of carbonyl (C=O) groups is 2. The molecule has 6 heteroatoms. The molecule has 2 fully saturated rings. The highest BCUT2D eigenvalue weighted by atomic mass is 16.3. The van der Waals surface area contributed by atoms with Crippen molar-refractivity contribution in [1.82, 2.24) is 14.8 Å². The van der Waals surface area contributed by atoms with E-state index >= 15 is 0 Å². The molecule has 0 spiro atoms. The van der Waals surface area contributed by atoms with Crippen LogP contribution in [0.3, 0.4) is 0 Å². The molecule has 1 saturated carbocycles. The molecule has 1 aliphatic heterocycles. The molecule has 2 heterocycles. The molecule has 3 aromatic rings. The third-order valence-electron chi connectivity index (χ3n) is 6.35. The van der Waals surface area contributed by atoms with Crippen LogP contribution in [0.5, 0.6) is 0 Å². The number of rotatable bonds is 3. The molecule has 0 bridgehead atoms. The first-order chi connectivity index (χ1) is 14.9. The minimum absolute atomic E-state index is 0.0245. The second-order valence-electron chi connectivity index (χ2n) is 8.56. The topological polar surface area (TPSA) is 73.7 Å². The van der Waals surface area contributed by atoms with Gasteiger partial charge in [0, 0.05) is 48.9 Å².